The highest BCUT2D eigenvalue weighted by Crippen LogP contribution is 2.10. The van der Waals surface area contributed by atoms with Gasteiger partial charge in [-0.15, -0.1) is 0 Å². The molecule has 66 valence electrons. The van der Waals surface area contributed by atoms with Crippen LogP contribution >= 0.6 is 0 Å². The molecule has 0 radical (unpaired) electrons. The minimum Gasteiger partial charge on any atom is -0.481 e. The van der Waals surface area contributed by atoms with Gasteiger partial charge in [0.15, 0.2) is 9.76 Å². The van der Waals surface area contributed by atoms with Crippen molar-refractivity contribution >= 4 is 15.7 Å². The van der Waals surface area contributed by atoms with Gasteiger partial charge >= 0.3 is 5.97 Å². The number of carboxylic acid groups (broad SMARTS) is 1. The van der Waals surface area contributed by atoms with Crippen molar-refractivity contribution in [2.75, 3.05) is 0 Å². The summed E-state index contributed by atoms with van der Waals surface area (Å²) in [5.74, 6) is -1.13. The summed E-state index contributed by atoms with van der Waals surface area (Å²) in [5, 5.41) is 8.65. The van der Waals surface area contributed by atoms with E-state index < -0.39 is 15.7 Å². The topological polar surface area (TPSA) is 46.5 Å². The molecule has 0 aliphatic heterocycles. The second kappa shape index (κ2) is 5.32. The lowest BCUT2D eigenvalue weighted by molar-refractivity contribution is -0.144. The highest BCUT2D eigenvalue weighted by molar-refractivity contribution is 6.24. The first-order valence-corrected chi connectivity index (χ1v) is 5.97. The van der Waals surface area contributed by atoms with Gasteiger partial charge in [-0.05, 0) is 13.3 Å². The third-order valence-corrected chi connectivity index (χ3v) is 2.49. The molecule has 0 saturated heterocycles. The SMILES string of the molecule is CCC(O[SiH2]C)C(C)C(=O)O. The summed E-state index contributed by atoms with van der Waals surface area (Å²) in [6.45, 7) is 5.66. The molecule has 1 N–H and O–H groups in total. The molecule has 3 nitrogen and oxygen atoms in total. The highest BCUT2D eigenvalue weighted by atomic mass is 28.2. The van der Waals surface area contributed by atoms with Crippen LogP contribution in [-0.2, 0) is 9.22 Å². The monoisotopic (exact) mass is 176 g/mol. The van der Waals surface area contributed by atoms with Gasteiger partial charge in [0.05, 0.1) is 12.0 Å². The van der Waals surface area contributed by atoms with Crippen molar-refractivity contribution in [1.29, 1.82) is 0 Å². The Morgan fingerprint density at radius 2 is 2.27 bits per heavy atom. The largest absolute Gasteiger partial charge is 0.481 e. The average Bonchev–Trinajstić information content (AvgIpc) is 1.98. The lowest BCUT2D eigenvalue weighted by atomic mass is 10.0. The Bertz CT molecular complexity index is 127. The van der Waals surface area contributed by atoms with Crippen LogP contribution in [0.3, 0.4) is 0 Å². The van der Waals surface area contributed by atoms with Crippen LogP contribution in [0.1, 0.15) is 20.3 Å². The minimum absolute atomic E-state index is 0.0795. The van der Waals surface area contributed by atoms with Crippen LogP contribution in [0.2, 0.25) is 6.55 Å². The van der Waals surface area contributed by atoms with E-state index in [9.17, 15) is 4.79 Å². The van der Waals surface area contributed by atoms with Crippen LogP contribution in [0.5, 0.6) is 0 Å². The van der Waals surface area contributed by atoms with Crippen molar-refractivity contribution in [2.24, 2.45) is 5.92 Å². The number of rotatable bonds is 5. The summed E-state index contributed by atoms with van der Waals surface area (Å²) in [6.07, 6.45) is 0.707. The molecule has 0 aromatic rings. The van der Waals surface area contributed by atoms with Gasteiger partial charge in [-0.2, -0.15) is 0 Å². The molecule has 2 unspecified atom stereocenters. The maximum Gasteiger partial charge on any atom is 0.308 e. The molecule has 0 aliphatic carbocycles. The second-order valence-electron chi connectivity index (χ2n) is 2.53. The van der Waals surface area contributed by atoms with Crippen molar-refractivity contribution < 1.29 is 14.3 Å². The number of carbonyl (C=O) groups is 1. The molecule has 0 aliphatic rings. The van der Waals surface area contributed by atoms with Gasteiger partial charge in [0.1, 0.15) is 0 Å². The van der Waals surface area contributed by atoms with Gasteiger partial charge in [-0.3, -0.25) is 4.79 Å². The van der Waals surface area contributed by atoms with Crippen LogP contribution in [-0.4, -0.2) is 26.9 Å². The Kier molecular flexibility index (Phi) is 5.15. The van der Waals surface area contributed by atoms with Crippen LogP contribution in [0.25, 0.3) is 0 Å². The molecule has 11 heavy (non-hydrogen) atoms. The molecular weight excluding hydrogens is 160 g/mol. The number of hydrogen-bond acceptors (Lipinski definition) is 2. The molecule has 0 fully saturated rings. The molecule has 0 saturated carbocycles. The second-order valence-corrected chi connectivity index (χ2v) is 3.44. The summed E-state index contributed by atoms with van der Waals surface area (Å²) < 4.78 is 5.37. The van der Waals surface area contributed by atoms with E-state index in [1.165, 1.54) is 0 Å². The molecule has 0 heterocycles. The van der Waals surface area contributed by atoms with Crippen molar-refractivity contribution in [3.8, 4) is 0 Å². The zero-order chi connectivity index (χ0) is 8.85. The third-order valence-electron chi connectivity index (χ3n) is 1.73. The van der Waals surface area contributed by atoms with E-state index in [-0.39, 0.29) is 12.0 Å². The minimum atomic E-state index is -0.765. The molecular formula is C7H16O3Si. The van der Waals surface area contributed by atoms with E-state index in [1.807, 2.05) is 13.5 Å². The van der Waals surface area contributed by atoms with E-state index in [1.54, 1.807) is 6.92 Å². The molecule has 0 amide bonds. The van der Waals surface area contributed by atoms with Crippen molar-refractivity contribution in [1.82, 2.24) is 0 Å². The van der Waals surface area contributed by atoms with Crippen LogP contribution in [0.4, 0.5) is 0 Å². The zero-order valence-electron chi connectivity index (χ0n) is 7.33. The molecule has 0 spiro atoms. The molecule has 0 rings (SSSR count). The summed E-state index contributed by atoms with van der Waals surface area (Å²) in [5.41, 5.74) is 0. The maximum absolute atomic E-state index is 10.5. The third kappa shape index (κ3) is 3.53. The number of aliphatic carboxylic acids is 1. The van der Waals surface area contributed by atoms with E-state index in [0.717, 1.165) is 6.42 Å². The van der Waals surface area contributed by atoms with E-state index in [2.05, 4.69) is 0 Å². The first-order chi connectivity index (χ1) is 5.13. The zero-order valence-corrected chi connectivity index (χ0v) is 8.75. The summed E-state index contributed by atoms with van der Waals surface area (Å²) in [7, 11) is -0.483. The quantitative estimate of drug-likeness (QED) is 0.625. The normalized spacial score (nSPS) is 17.0. The van der Waals surface area contributed by atoms with Crippen molar-refractivity contribution in [3.63, 3.8) is 0 Å². The molecule has 2 atom stereocenters. The fraction of sp³-hybridized carbons (Fsp3) is 0.857. The highest BCUT2D eigenvalue weighted by Gasteiger charge is 2.21. The Morgan fingerprint density at radius 3 is 2.55 bits per heavy atom. The molecule has 0 aromatic carbocycles. The van der Waals surface area contributed by atoms with Crippen molar-refractivity contribution in [2.45, 2.75) is 32.9 Å². The summed E-state index contributed by atoms with van der Waals surface area (Å²) >= 11 is 0. The molecule has 0 aromatic heterocycles. The predicted octanol–water partition coefficient (Wildman–Crippen LogP) is 0.634. The number of carboxylic acids is 1. The fourth-order valence-corrected chi connectivity index (χ4v) is 1.94. The van der Waals surface area contributed by atoms with Crippen LogP contribution in [0, 0.1) is 5.92 Å². The Labute approximate surface area is 69.7 Å². The summed E-state index contributed by atoms with van der Waals surface area (Å²) in [4.78, 5) is 10.5. The average molecular weight is 176 g/mol. The van der Waals surface area contributed by atoms with Gasteiger partial charge in [-0.25, -0.2) is 0 Å². The maximum atomic E-state index is 10.5. The van der Waals surface area contributed by atoms with Crippen molar-refractivity contribution in [3.05, 3.63) is 0 Å². The van der Waals surface area contributed by atoms with Gasteiger partial charge in [0.2, 0.25) is 0 Å². The Balaban J connectivity index is 3.91. The number of hydrogen-bond donors (Lipinski definition) is 1. The fourth-order valence-electron chi connectivity index (χ4n) is 0.989. The van der Waals surface area contributed by atoms with Crippen LogP contribution < -0.4 is 0 Å². The van der Waals surface area contributed by atoms with Gasteiger partial charge < -0.3 is 9.53 Å². The molecule has 0 bridgehead atoms. The lowest BCUT2D eigenvalue weighted by Gasteiger charge is -2.19. The van der Waals surface area contributed by atoms with E-state index in [0.29, 0.717) is 0 Å². The lowest BCUT2D eigenvalue weighted by Crippen LogP contribution is -2.28. The standard InChI is InChI=1S/C7H16O3Si/c1-4-6(10-11-3)5(2)7(8)9/h5-6H,4,11H2,1-3H3,(H,8,9). The Morgan fingerprint density at radius 1 is 1.73 bits per heavy atom. The van der Waals surface area contributed by atoms with Gasteiger partial charge in [0, 0.05) is 0 Å². The smallest absolute Gasteiger partial charge is 0.308 e. The van der Waals surface area contributed by atoms with Gasteiger partial charge in [-0.1, -0.05) is 13.5 Å². The molecule has 4 heteroatoms. The first kappa shape index (κ1) is 10.6. The predicted molar refractivity (Wildman–Crippen MR) is 46.4 cm³/mol. The van der Waals surface area contributed by atoms with Crippen LogP contribution in [0.15, 0.2) is 0 Å². The Hall–Kier alpha value is -0.353. The van der Waals surface area contributed by atoms with E-state index in [4.69, 9.17) is 9.53 Å². The first-order valence-electron chi connectivity index (χ1n) is 3.97. The van der Waals surface area contributed by atoms with E-state index >= 15 is 0 Å². The summed E-state index contributed by atoms with van der Waals surface area (Å²) in [6, 6.07) is 0. The van der Waals surface area contributed by atoms with Gasteiger partial charge in [0.25, 0.3) is 0 Å².